The molecular weight excluding hydrogens is 220 g/mol. The highest BCUT2D eigenvalue weighted by Crippen LogP contribution is 2.32. The summed E-state index contributed by atoms with van der Waals surface area (Å²) in [6, 6.07) is 6.88. The maximum Gasteiger partial charge on any atom is 0.0369 e. The van der Waals surface area contributed by atoms with Crippen molar-refractivity contribution in [3.8, 4) is 0 Å². The number of benzene rings is 1. The molecule has 2 rings (SSSR count). The zero-order valence-corrected chi connectivity index (χ0v) is 12.2. The average Bonchev–Trinajstić information content (AvgIpc) is 2.32. The number of hydrogen-bond acceptors (Lipinski definition) is 2. The van der Waals surface area contributed by atoms with E-state index in [1.165, 1.54) is 42.7 Å². The van der Waals surface area contributed by atoms with E-state index in [1.807, 2.05) is 7.05 Å². The van der Waals surface area contributed by atoms with E-state index < -0.39 is 0 Å². The second-order valence-electron chi connectivity index (χ2n) is 6.29. The highest BCUT2D eigenvalue weighted by atomic mass is 15.1. The molecule has 0 amide bonds. The third-order valence-corrected chi connectivity index (χ3v) is 4.18. The minimum absolute atomic E-state index is 0.525. The van der Waals surface area contributed by atoms with E-state index in [-0.39, 0.29) is 0 Å². The van der Waals surface area contributed by atoms with Gasteiger partial charge in [0.25, 0.3) is 0 Å². The molecule has 0 radical (unpaired) electrons. The number of nitrogens with zero attached hydrogens (tertiary/aromatic N) is 1. The minimum atomic E-state index is 0.525. The van der Waals surface area contributed by atoms with Crippen LogP contribution in [-0.4, -0.2) is 20.1 Å². The van der Waals surface area contributed by atoms with E-state index in [4.69, 9.17) is 0 Å². The number of hydrogen-bond donors (Lipinski definition) is 1. The quantitative estimate of drug-likeness (QED) is 0.880. The van der Waals surface area contributed by atoms with E-state index in [1.54, 1.807) is 0 Å². The van der Waals surface area contributed by atoms with Crippen LogP contribution in [-0.2, 0) is 6.54 Å². The van der Waals surface area contributed by atoms with Crippen molar-refractivity contribution < 1.29 is 0 Å². The van der Waals surface area contributed by atoms with Gasteiger partial charge in [0.1, 0.15) is 0 Å². The summed E-state index contributed by atoms with van der Waals surface area (Å²) in [5.74, 6) is 0. The summed E-state index contributed by atoms with van der Waals surface area (Å²) in [5.41, 5.74) is 4.71. The molecule has 2 nitrogen and oxygen atoms in total. The second-order valence-corrected chi connectivity index (χ2v) is 6.29. The van der Waals surface area contributed by atoms with E-state index in [0.717, 1.165) is 6.54 Å². The van der Waals surface area contributed by atoms with Crippen LogP contribution in [0.3, 0.4) is 0 Å². The Balaban J connectivity index is 2.08. The van der Waals surface area contributed by atoms with Crippen LogP contribution in [0.5, 0.6) is 0 Å². The summed E-state index contributed by atoms with van der Waals surface area (Å²) in [5, 5.41) is 3.22. The van der Waals surface area contributed by atoms with Gasteiger partial charge in [0.2, 0.25) is 0 Å². The first kappa shape index (κ1) is 13.4. The van der Waals surface area contributed by atoms with Crippen LogP contribution < -0.4 is 10.2 Å². The number of anilines is 1. The number of aryl methyl sites for hydroxylation is 1. The molecule has 0 saturated carbocycles. The number of rotatable bonds is 3. The molecule has 1 N–H and O–H groups in total. The maximum atomic E-state index is 3.22. The van der Waals surface area contributed by atoms with Gasteiger partial charge in [0.05, 0.1) is 0 Å². The van der Waals surface area contributed by atoms with Gasteiger partial charge in [-0.25, -0.2) is 0 Å². The summed E-state index contributed by atoms with van der Waals surface area (Å²) in [4.78, 5) is 2.53. The van der Waals surface area contributed by atoms with Crippen molar-refractivity contribution in [2.75, 3.05) is 25.0 Å². The molecule has 0 aromatic heterocycles. The molecule has 0 spiro atoms. The van der Waals surface area contributed by atoms with Crippen LogP contribution in [0.2, 0.25) is 0 Å². The molecular formula is C16H26N2. The lowest BCUT2D eigenvalue weighted by Gasteiger charge is -2.38. The van der Waals surface area contributed by atoms with Gasteiger partial charge in [0, 0.05) is 25.3 Å². The van der Waals surface area contributed by atoms with E-state index >= 15 is 0 Å². The smallest absolute Gasteiger partial charge is 0.0369 e. The topological polar surface area (TPSA) is 15.3 Å². The van der Waals surface area contributed by atoms with E-state index in [2.05, 4.69) is 49.2 Å². The van der Waals surface area contributed by atoms with Crippen LogP contribution in [0.25, 0.3) is 0 Å². The summed E-state index contributed by atoms with van der Waals surface area (Å²) in [6.07, 6.45) is 2.59. The number of piperidine rings is 1. The molecule has 1 saturated heterocycles. The Kier molecular flexibility index (Phi) is 3.96. The monoisotopic (exact) mass is 246 g/mol. The summed E-state index contributed by atoms with van der Waals surface area (Å²) in [6.45, 7) is 10.3. The van der Waals surface area contributed by atoms with Crippen molar-refractivity contribution in [2.24, 2.45) is 5.41 Å². The Labute approximate surface area is 111 Å². The molecule has 1 aliphatic rings. The van der Waals surface area contributed by atoms with Crippen molar-refractivity contribution in [3.05, 3.63) is 29.3 Å². The minimum Gasteiger partial charge on any atom is -0.371 e. The van der Waals surface area contributed by atoms with Gasteiger partial charge in [-0.15, -0.1) is 0 Å². The third-order valence-electron chi connectivity index (χ3n) is 4.18. The molecule has 100 valence electrons. The fourth-order valence-electron chi connectivity index (χ4n) is 2.64. The lowest BCUT2D eigenvalue weighted by molar-refractivity contribution is 0.280. The van der Waals surface area contributed by atoms with Crippen molar-refractivity contribution in [1.82, 2.24) is 5.32 Å². The summed E-state index contributed by atoms with van der Waals surface area (Å²) >= 11 is 0. The van der Waals surface area contributed by atoms with E-state index in [9.17, 15) is 0 Å². The zero-order valence-electron chi connectivity index (χ0n) is 12.2. The molecule has 2 heteroatoms. The largest absolute Gasteiger partial charge is 0.371 e. The van der Waals surface area contributed by atoms with Crippen molar-refractivity contribution in [3.63, 3.8) is 0 Å². The highest BCUT2D eigenvalue weighted by molar-refractivity contribution is 5.51. The summed E-state index contributed by atoms with van der Waals surface area (Å²) < 4.78 is 0. The van der Waals surface area contributed by atoms with Crippen molar-refractivity contribution in [2.45, 2.75) is 40.2 Å². The van der Waals surface area contributed by atoms with Gasteiger partial charge in [0.15, 0.2) is 0 Å². The maximum absolute atomic E-state index is 3.22. The van der Waals surface area contributed by atoms with Crippen molar-refractivity contribution >= 4 is 5.69 Å². The molecule has 1 aliphatic heterocycles. The van der Waals surface area contributed by atoms with Gasteiger partial charge in [-0.1, -0.05) is 19.9 Å². The molecule has 1 fully saturated rings. The van der Waals surface area contributed by atoms with Crippen molar-refractivity contribution in [1.29, 1.82) is 0 Å². The van der Waals surface area contributed by atoms with Crippen LogP contribution in [0.1, 0.15) is 37.8 Å². The van der Waals surface area contributed by atoms with Gasteiger partial charge in [-0.3, -0.25) is 0 Å². The van der Waals surface area contributed by atoms with Gasteiger partial charge >= 0.3 is 0 Å². The van der Waals surface area contributed by atoms with Crippen LogP contribution >= 0.6 is 0 Å². The fourth-order valence-corrected chi connectivity index (χ4v) is 2.64. The predicted molar refractivity (Wildman–Crippen MR) is 79.2 cm³/mol. The molecule has 1 aromatic rings. The molecule has 0 aliphatic carbocycles. The average molecular weight is 246 g/mol. The fraction of sp³-hybridized carbons (Fsp3) is 0.625. The third kappa shape index (κ3) is 3.05. The second kappa shape index (κ2) is 5.31. The SMILES string of the molecule is CNCc1ccc(N2CCC(C)(C)CC2)cc1C. The summed E-state index contributed by atoms with van der Waals surface area (Å²) in [7, 11) is 2.00. The van der Waals surface area contributed by atoms with Crippen LogP contribution in [0.4, 0.5) is 5.69 Å². The molecule has 0 unspecified atom stereocenters. The molecule has 18 heavy (non-hydrogen) atoms. The molecule has 0 bridgehead atoms. The Morgan fingerprint density at radius 2 is 1.89 bits per heavy atom. The lowest BCUT2D eigenvalue weighted by Crippen LogP contribution is -2.37. The van der Waals surface area contributed by atoms with E-state index in [0.29, 0.717) is 5.41 Å². The normalized spacial score (nSPS) is 19.0. The zero-order chi connectivity index (χ0) is 13.2. The first-order chi connectivity index (χ1) is 8.52. The molecule has 1 aromatic carbocycles. The first-order valence-corrected chi connectivity index (χ1v) is 7.01. The number of nitrogens with one attached hydrogen (secondary N) is 1. The van der Waals surface area contributed by atoms with Crippen LogP contribution in [0.15, 0.2) is 18.2 Å². The predicted octanol–water partition coefficient (Wildman–Crippen LogP) is 3.34. The first-order valence-electron chi connectivity index (χ1n) is 7.01. The lowest BCUT2D eigenvalue weighted by atomic mass is 9.82. The Bertz CT molecular complexity index is 400. The molecule has 0 atom stereocenters. The Morgan fingerprint density at radius 3 is 2.44 bits per heavy atom. The molecule has 1 heterocycles. The Morgan fingerprint density at radius 1 is 1.22 bits per heavy atom. The van der Waals surface area contributed by atoms with Crippen LogP contribution in [0, 0.1) is 12.3 Å². The van der Waals surface area contributed by atoms with Gasteiger partial charge in [-0.05, 0) is 55.5 Å². The van der Waals surface area contributed by atoms with Gasteiger partial charge in [-0.2, -0.15) is 0 Å². The standard InChI is InChI=1S/C16H26N2/c1-13-11-15(6-5-14(13)12-17-4)18-9-7-16(2,3)8-10-18/h5-6,11,17H,7-10,12H2,1-4H3. The Hall–Kier alpha value is -1.02. The van der Waals surface area contributed by atoms with Gasteiger partial charge < -0.3 is 10.2 Å². The highest BCUT2D eigenvalue weighted by Gasteiger charge is 2.25.